The number of anilines is 1. The lowest BCUT2D eigenvalue weighted by molar-refractivity contribution is -0.132. The van der Waals surface area contributed by atoms with Gasteiger partial charge >= 0.3 is 0 Å². The first kappa shape index (κ1) is 13.9. The minimum absolute atomic E-state index is 0.00916. The zero-order chi connectivity index (χ0) is 14.8. The van der Waals surface area contributed by atoms with Crippen LogP contribution in [0.25, 0.3) is 0 Å². The van der Waals surface area contributed by atoms with E-state index >= 15 is 0 Å². The number of nitrogens with zero attached hydrogens (tertiary/aromatic N) is 1. The molecule has 1 aromatic carbocycles. The van der Waals surface area contributed by atoms with Crippen molar-refractivity contribution in [2.24, 2.45) is 5.92 Å². The number of carbonyl (C=O) groups excluding carboxylic acids is 2. The SMILES string of the molecule is CC(=O)N1CCC(C(=O)Nc2ccc3c(c2)CCO3)CC1. The predicted octanol–water partition coefficient (Wildman–Crippen LogP) is 1.82. The fourth-order valence-electron chi connectivity index (χ4n) is 2.97. The molecule has 112 valence electrons. The number of rotatable bonds is 2. The standard InChI is InChI=1S/C16H20N2O3/c1-11(19)18-7-4-12(5-8-18)16(20)17-14-2-3-15-13(10-14)6-9-21-15/h2-3,10,12H,4-9H2,1H3,(H,17,20). The van der Waals surface area contributed by atoms with Crippen molar-refractivity contribution >= 4 is 17.5 Å². The first-order valence-electron chi connectivity index (χ1n) is 7.45. The summed E-state index contributed by atoms with van der Waals surface area (Å²) >= 11 is 0. The number of ether oxygens (including phenoxy) is 1. The molecular formula is C16H20N2O3. The summed E-state index contributed by atoms with van der Waals surface area (Å²) in [5.41, 5.74) is 1.98. The number of amides is 2. The van der Waals surface area contributed by atoms with Crippen LogP contribution in [0.3, 0.4) is 0 Å². The Morgan fingerprint density at radius 1 is 1.29 bits per heavy atom. The second-order valence-corrected chi connectivity index (χ2v) is 5.69. The normalized spacial score (nSPS) is 18.0. The molecule has 2 aliphatic heterocycles. The molecule has 5 heteroatoms. The van der Waals surface area contributed by atoms with Crippen LogP contribution < -0.4 is 10.1 Å². The molecule has 1 saturated heterocycles. The Balaban J connectivity index is 1.58. The maximum atomic E-state index is 12.3. The van der Waals surface area contributed by atoms with Crippen molar-refractivity contribution in [3.8, 4) is 5.75 Å². The highest BCUT2D eigenvalue weighted by Gasteiger charge is 2.26. The molecule has 2 heterocycles. The van der Waals surface area contributed by atoms with Gasteiger partial charge in [0.25, 0.3) is 0 Å². The maximum absolute atomic E-state index is 12.3. The molecule has 0 atom stereocenters. The zero-order valence-corrected chi connectivity index (χ0v) is 12.2. The Morgan fingerprint density at radius 2 is 2.05 bits per heavy atom. The van der Waals surface area contributed by atoms with Crippen LogP contribution in [0.15, 0.2) is 18.2 Å². The molecule has 0 aliphatic carbocycles. The number of carbonyl (C=O) groups is 2. The van der Waals surface area contributed by atoms with Crippen molar-refractivity contribution < 1.29 is 14.3 Å². The van der Waals surface area contributed by atoms with Gasteiger partial charge in [-0.3, -0.25) is 9.59 Å². The number of piperidine rings is 1. The van der Waals surface area contributed by atoms with Gasteiger partial charge in [0.15, 0.2) is 0 Å². The van der Waals surface area contributed by atoms with E-state index in [0.717, 1.165) is 42.9 Å². The van der Waals surface area contributed by atoms with E-state index in [4.69, 9.17) is 4.74 Å². The van der Waals surface area contributed by atoms with Crippen LogP contribution in [-0.4, -0.2) is 36.4 Å². The van der Waals surface area contributed by atoms with Crippen molar-refractivity contribution in [1.29, 1.82) is 0 Å². The van der Waals surface area contributed by atoms with Crippen LogP contribution in [0.2, 0.25) is 0 Å². The van der Waals surface area contributed by atoms with E-state index in [-0.39, 0.29) is 17.7 Å². The Labute approximate surface area is 124 Å². The average molecular weight is 288 g/mol. The van der Waals surface area contributed by atoms with E-state index in [1.54, 1.807) is 11.8 Å². The minimum Gasteiger partial charge on any atom is -0.493 e. The van der Waals surface area contributed by atoms with Gasteiger partial charge in [-0.1, -0.05) is 0 Å². The van der Waals surface area contributed by atoms with Crippen LogP contribution >= 0.6 is 0 Å². The molecule has 1 aromatic rings. The molecule has 0 aromatic heterocycles. The van der Waals surface area contributed by atoms with Gasteiger partial charge < -0.3 is 15.0 Å². The molecule has 5 nitrogen and oxygen atoms in total. The van der Waals surface area contributed by atoms with Crippen LogP contribution in [0.1, 0.15) is 25.3 Å². The highest BCUT2D eigenvalue weighted by Crippen LogP contribution is 2.28. The van der Waals surface area contributed by atoms with Crippen LogP contribution in [-0.2, 0) is 16.0 Å². The van der Waals surface area contributed by atoms with Gasteiger partial charge in [-0.25, -0.2) is 0 Å². The number of likely N-dealkylation sites (tertiary alicyclic amines) is 1. The predicted molar refractivity (Wildman–Crippen MR) is 79.2 cm³/mol. The number of fused-ring (bicyclic) bond motifs is 1. The number of nitrogens with one attached hydrogen (secondary N) is 1. The number of benzene rings is 1. The third kappa shape index (κ3) is 3.01. The Hall–Kier alpha value is -2.04. The fraction of sp³-hybridized carbons (Fsp3) is 0.500. The zero-order valence-electron chi connectivity index (χ0n) is 12.2. The summed E-state index contributed by atoms with van der Waals surface area (Å²) in [6.45, 7) is 3.64. The largest absolute Gasteiger partial charge is 0.493 e. The van der Waals surface area contributed by atoms with Gasteiger partial charge in [0.2, 0.25) is 11.8 Å². The van der Waals surface area contributed by atoms with Gasteiger partial charge in [0, 0.05) is 38.0 Å². The third-order valence-electron chi connectivity index (χ3n) is 4.27. The van der Waals surface area contributed by atoms with Gasteiger partial charge in [0.05, 0.1) is 6.61 Å². The summed E-state index contributed by atoms with van der Waals surface area (Å²) in [6, 6.07) is 5.79. The summed E-state index contributed by atoms with van der Waals surface area (Å²) in [5, 5.41) is 2.99. The Kier molecular flexibility index (Phi) is 3.82. The molecule has 2 aliphatic rings. The molecule has 1 N–H and O–H groups in total. The summed E-state index contributed by atoms with van der Waals surface area (Å²) < 4.78 is 5.46. The summed E-state index contributed by atoms with van der Waals surface area (Å²) in [4.78, 5) is 25.4. The van der Waals surface area contributed by atoms with Gasteiger partial charge in [-0.15, -0.1) is 0 Å². The lowest BCUT2D eigenvalue weighted by atomic mass is 9.95. The van der Waals surface area contributed by atoms with Crippen molar-refractivity contribution in [2.45, 2.75) is 26.2 Å². The number of hydrogen-bond donors (Lipinski definition) is 1. The minimum atomic E-state index is -0.00916. The Morgan fingerprint density at radius 3 is 2.76 bits per heavy atom. The maximum Gasteiger partial charge on any atom is 0.227 e. The Bertz CT molecular complexity index is 563. The monoisotopic (exact) mass is 288 g/mol. The second kappa shape index (κ2) is 5.76. The van der Waals surface area contributed by atoms with Crippen molar-refractivity contribution in [3.63, 3.8) is 0 Å². The van der Waals surface area contributed by atoms with E-state index in [1.165, 1.54) is 0 Å². The quantitative estimate of drug-likeness (QED) is 0.903. The highest BCUT2D eigenvalue weighted by molar-refractivity contribution is 5.93. The van der Waals surface area contributed by atoms with Crippen LogP contribution in [0.5, 0.6) is 5.75 Å². The van der Waals surface area contributed by atoms with Gasteiger partial charge in [0.1, 0.15) is 5.75 Å². The van der Waals surface area contributed by atoms with Crippen molar-refractivity contribution in [2.75, 3.05) is 25.0 Å². The molecule has 1 fully saturated rings. The van der Waals surface area contributed by atoms with Crippen LogP contribution in [0.4, 0.5) is 5.69 Å². The lowest BCUT2D eigenvalue weighted by Gasteiger charge is -2.30. The summed E-state index contributed by atoms with van der Waals surface area (Å²) in [5.74, 6) is 1.05. The molecule has 2 amide bonds. The first-order valence-corrected chi connectivity index (χ1v) is 7.45. The average Bonchev–Trinajstić information content (AvgIpc) is 2.95. The first-order chi connectivity index (χ1) is 10.1. The van der Waals surface area contributed by atoms with Gasteiger partial charge in [-0.05, 0) is 36.6 Å². The van der Waals surface area contributed by atoms with E-state index in [2.05, 4.69) is 5.32 Å². The molecule has 0 bridgehead atoms. The molecule has 3 rings (SSSR count). The van der Waals surface area contributed by atoms with Crippen molar-refractivity contribution in [3.05, 3.63) is 23.8 Å². The molecule has 0 radical (unpaired) electrons. The van der Waals surface area contributed by atoms with E-state index in [1.807, 2.05) is 18.2 Å². The lowest BCUT2D eigenvalue weighted by Crippen LogP contribution is -2.40. The third-order valence-corrected chi connectivity index (χ3v) is 4.27. The highest BCUT2D eigenvalue weighted by atomic mass is 16.5. The molecule has 21 heavy (non-hydrogen) atoms. The van der Waals surface area contributed by atoms with E-state index in [9.17, 15) is 9.59 Å². The second-order valence-electron chi connectivity index (χ2n) is 5.69. The topological polar surface area (TPSA) is 58.6 Å². The van der Waals surface area contributed by atoms with E-state index in [0.29, 0.717) is 13.1 Å². The molecule has 0 saturated carbocycles. The smallest absolute Gasteiger partial charge is 0.227 e. The summed E-state index contributed by atoms with van der Waals surface area (Å²) in [6.07, 6.45) is 2.37. The number of hydrogen-bond acceptors (Lipinski definition) is 3. The summed E-state index contributed by atoms with van der Waals surface area (Å²) in [7, 11) is 0. The molecule has 0 spiro atoms. The fourth-order valence-corrected chi connectivity index (χ4v) is 2.97. The van der Waals surface area contributed by atoms with Crippen LogP contribution in [0, 0.1) is 5.92 Å². The van der Waals surface area contributed by atoms with Gasteiger partial charge in [-0.2, -0.15) is 0 Å². The van der Waals surface area contributed by atoms with E-state index < -0.39 is 0 Å². The molecular weight excluding hydrogens is 268 g/mol. The van der Waals surface area contributed by atoms with Crippen molar-refractivity contribution in [1.82, 2.24) is 4.90 Å². The molecule has 0 unspecified atom stereocenters.